The van der Waals surface area contributed by atoms with E-state index in [-0.39, 0.29) is 5.54 Å². The Morgan fingerprint density at radius 2 is 1.65 bits per heavy atom. The zero-order valence-corrected chi connectivity index (χ0v) is 11.1. The van der Waals surface area contributed by atoms with Crippen LogP contribution in [0.5, 0.6) is 0 Å². The molecular formula is C15H23NO. The lowest BCUT2D eigenvalue weighted by atomic mass is 9.89. The highest BCUT2D eigenvalue weighted by Crippen LogP contribution is 2.33. The second-order valence-corrected chi connectivity index (χ2v) is 5.66. The van der Waals surface area contributed by atoms with Crippen molar-refractivity contribution in [2.24, 2.45) is 0 Å². The number of hydrogen-bond donors (Lipinski definition) is 1. The third-order valence-electron chi connectivity index (χ3n) is 3.98. The molecule has 1 N–H and O–H groups in total. The highest BCUT2D eigenvalue weighted by Gasteiger charge is 2.36. The predicted octanol–water partition coefficient (Wildman–Crippen LogP) is 2.90. The Kier molecular flexibility index (Phi) is 3.55. The van der Waals surface area contributed by atoms with Gasteiger partial charge in [-0.3, -0.25) is 4.90 Å². The van der Waals surface area contributed by atoms with E-state index in [2.05, 4.69) is 37.8 Å². The van der Waals surface area contributed by atoms with E-state index in [1.807, 2.05) is 12.1 Å². The van der Waals surface area contributed by atoms with Crippen molar-refractivity contribution < 1.29 is 5.11 Å². The first kappa shape index (κ1) is 12.6. The first-order chi connectivity index (χ1) is 8.01. The fourth-order valence-corrected chi connectivity index (χ4v) is 2.62. The standard InChI is InChI=1S/C15H23NO/c1-12-6-8-13(9-7-12)14(17)15(2,3)16-10-4-5-11-16/h6-9,14,17H,4-5,10-11H2,1-3H3. The lowest BCUT2D eigenvalue weighted by Gasteiger charge is -2.39. The lowest BCUT2D eigenvalue weighted by molar-refractivity contribution is 0.00132. The molecule has 1 atom stereocenters. The molecule has 0 spiro atoms. The van der Waals surface area contributed by atoms with E-state index in [9.17, 15) is 5.11 Å². The second kappa shape index (κ2) is 4.79. The fourth-order valence-electron chi connectivity index (χ4n) is 2.62. The van der Waals surface area contributed by atoms with Gasteiger partial charge in [0.1, 0.15) is 0 Å². The smallest absolute Gasteiger partial charge is 0.0968 e. The minimum Gasteiger partial charge on any atom is -0.386 e. The largest absolute Gasteiger partial charge is 0.386 e. The van der Waals surface area contributed by atoms with Crippen LogP contribution >= 0.6 is 0 Å². The zero-order chi connectivity index (χ0) is 12.5. The number of aryl methyl sites for hydroxylation is 1. The van der Waals surface area contributed by atoms with E-state index in [0.29, 0.717) is 0 Å². The summed E-state index contributed by atoms with van der Waals surface area (Å²) < 4.78 is 0. The summed E-state index contributed by atoms with van der Waals surface area (Å²) in [6.45, 7) is 8.57. The molecule has 1 aromatic carbocycles. The van der Waals surface area contributed by atoms with Crippen LogP contribution in [0.1, 0.15) is 43.9 Å². The van der Waals surface area contributed by atoms with E-state index >= 15 is 0 Å². The highest BCUT2D eigenvalue weighted by atomic mass is 16.3. The van der Waals surface area contributed by atoms with Crippen molar-refractivity contribution in [1.82, 2.24) is 4.90 Å². The zero-order valence-electron chi connectivity index (χ0n) is 11.1. The van der Waals surface area contributed by atoms with Gasteiger partial charge in [-0.1, -0.05) is 29.8 Å². The van der Waals surface area contributed by atoms with Crippen molar-refractivity contribution in [3.8, 4) is 0 Å². The molecule has 2 rings (SSSR count). The minimum atomic E-state index is -0.416. The molecule has 94 valence electrons. The molecule has 0 aromatic heterocycles. The van der Waals surface area contributed by atoms with Crippen LogP contribution in [0, 0.1) is 6.92 Å². The summed E-state index contributed by atoms with van der Waals surface area (Å²) in [6, 6.07) is 8.22. The molecule has 1 aliphatic rings. The van der Waals surface area contributed by atoms with Gasteiger partial charge >= 0.3 is 0 Å². The van der Waals surface area contributed by atoms with Gasteiger partial charge in [-0.25, -0.2) is 0 Å². The number of aliphatic hydroxyl groups is 1. The second-order valence-electron chi connectivity index (χ2n) is 5.66. The van der Waals surface area contributed by atoms with Gasteiger partial charge in [0, 0.05) is 5.54 Å². The predicted molar refractivity (Wildman–Crippen MR) is 71.0 cm³/mol. The molecule has 1 saturated heterocycles. The summed E-state index contributed by atoms with van der Waals surface area (Å²) in [5, 5.41) is 10.6. The number of likely N-dealkylation sites (tertiary alicyclic amines) is 1. The molecule has 1 fully saturated rings. The minimum absolute atomic E-state index is 0.175. The van der Waals surface area contributed by atoms with Gasteiger partial charge in [0.05, 0.1) is 6.10 Å². The Balaban J connectivity index is 2.17. The van der Waals surface area contributed by atoms with E-state index < -0.39 is 6.10 Å². The Morgan fingerprint density at radius 1 is 1.12 bits per heavy atom. The number of rotatable bonds is 3. The Hall–Kier alpha value is -0.860. The normalized spacial score (nSPS) is 19.5. The van der Waals surface area contributed by atoms with Gasteiger partial charge in [-0.2, -0.15) is 0 Å². The van der Waals surface area contributed by atoms with Crippen molar-refractivity contribution in [3.05, 3.63) is 35.4 Å². The maximum absolute atomic E-state index is 10.6. The first-order valence-electron chi connectivity index (χ1n) is 6.51. The Labute approximate surface area is 104 Å². The van der Waals surface area contributed by atoms with Gasteiger partial charge in [-0.15, -0.1) is 0 Å². The van der Waals surface area contributed by atoms with E-state index in [1.165, 1.54) is 18.4 Å². The molecule has 1 unspecified atom stereocenters. The van der Waals surface area contributed by atoms with Crippen LogP contribution in [0.2, 0.25) is 0 Å². The van der Waals surface area contributed by atoms with Crippen LogP contribution in [0.3, 0.4) is 0 Å². The molecule has 2 heteroatoms. The lowest BCUT2D eigenvalue weighted by Crippen LogP contribution is -2.46. The van der Waals surface area contributed by atoms with Crippen molar-refractivity contribution in [1.29, 1.82) is 0 Å². The van der Waals surface area contributed by atoms with Gasteiger partial charge in [-0.05, 0) is 52.3 Å². The third-order valence-corrected chi connectivity index (χ3v) is 3.98. The summed E-state index contributed by atoms with van der Waals surface area (Å²) in [5.41, 5.74) is 2.08. The molecular weight excluding hydrogens is 210 g/mol. The van der Waals surface area contributed by atoms with Gasteiger partial charge < -0.3 is 5.11 Å². The quantitative estimate of drug-likeness (QED) is 0.867. The number of aliphatic hydroxyl groups excluding tert-OH is 1. The van der Waals surface area contributed by atoms with Crippen LogP contribution < -0.4 is 0 Å². The molecule has 1 aromatic rings. The molecule has 0 aliphatic carbocycles. The van der Waals surface area contributed by atoms with E-state index in [4.69, 9.17) is 0 Å². The Morgan fingerprint density at radius 3 is 2.18 bits per heavy atom. The molecule has 17 heavy (non-hydrogen) atoms. The SMILES string of the molecule is Cc1ccc(C(O)C(C)(C)N2CCCC2)cc1. The topological polar surface area (TPSA) is 23.5 Å². The highest BCUT2D eigenvalue weighted by molar-refractivity contribution is 5.25. The van der Waals surface area contributed by atoms with E-state index in [1.54, 1.807) is 0 Å². The Bertz CT molecular complexity index is 363. The van der Waals surface area contributed by atoms with Gasteiger partial charge in [0.15, 0.2) is 0 Å². The molecule has 0 amide bonds. The summed E-state index contributed by atoms with van der Waals surface area (Å²) in [7, 11) is 0. The molecule has 2 nitrogen and oxygen atoms in total. The maximum atomic E-state index is 10.6. The van der Waals surface area contributed by atoms with Crippen molar-refractivity contribution in [2.45, 2.75) is 45.3 Å². The molecule has 0 saturated carbocycles. The number of nitrogens with zero attached hydrogens (tertiary/aromatic N) is 1. The van der Waals surface area contributed by atoms with Gasteiger partial charge in [0.2, 0.25) is 0 Å². The molecule has 0 radical (unpaired) electrons. The van der Waals surface area contributed by atoms with Gasteiger partial charge in [0.25, 0.3) is 0 Å². The molecule has 1 heterocycles. The first-order valence-corrected chi connectivity index (χ1v) is 6.51. The van der Waals surface area contributed by atoms with Crippen LogP contribution in [-0.2, 0) is 0 Å². The third kappa shape index (κ3) is 2.53. The monoisotopic (exact) mass is 233 g/mol. The summed E-state index contributed by atoms with van der Waals surface area (Å²) in [5.74, 6) is 0. The van der Waals surface area contributed by atoms with Crippen LogP contribution in [0.15, 0.2) is 24.3 Å². The van der Waals surface area contributed by atoms with Crippen LogP contribution in [0.25, 0.3) is 0 Å². The summed E-state index contributed by atoms with van der Waals surface area (Å²) in [4.78, 5) is 2.40. The molecule has 1 aliphatic heterocycles. The summed E-state index contributed by atoms with van der Waals surface area (Å²) >= 11 is 0. The average Bonchev–Trinajstić information content (AvgIpc) is 2.83. The number of benzene rings is 1. The van der Waals surface area contributed by atoms with Crippen molar-refractivity contribution in [3.63, 3.8) is 0 Å². The number of hydrogen-bond acceptors (Lipinski definition) is 2. The van der Waals surface area contributed by atoms with Crippen molar-refractivity contribution >= 4 is 0 Å². The molecule has 0 bridgehead atoms. The van der Waals surface area contributed by atoms with E-state index in [0.717, 1.165) is 18.7 Å². The van der Waals surface area contributed by atoms with Crippen molar-refractivity contribution in [2.75, 3.05) is 13.1 Å². The van der Waals surface area contributed by atoms with Crippen LogP contribution in [0.4, 0.5) is 0 Å². The average molecular weight is 233 g/mol. The fraction of sp³-hybridized carbons (Fsp3) is 0.600. The summed E-state index contributed by atoms with van der Waals surface area (Å²) in [6.07, 6.45) is 2.09. The maximum Gasteiger partial charge on any atom is 0.0968 e. The van der Waals surface area contributed by atoms with Crippen LogP contribution in [-0.4, -0.2) is 28.6 Å².